The second-order valence-electron chi connectivity index (χ2n) is 4.93. The molecule has 88 valence electrons. The van der Waals surface area contributed by atoms with Crippen molar-refractivity contribution in [2.24, 2.45) is 11.8 Å². The SMILES string of the molecule is CC(C)C(CO)Cc1ccc2c(c1)CCO2. The van der Waals surface area contributed by atoms with Gasteiger partial charge in [-0.1, -0.05) is 26.0 Å². The molecule has 0 saturated carbocycles. The van der Waals surface area contributed by atoms with Crippen molar-refractivity contribution in [1.82, 2.24) is 0 Å². The van der Waals surface area contributed by atoms with Crippen LogP contribution in [0.3, 0.4) is 0 Å². The molecule has 2 heteroatoms. The van der Waals surface area contributed by atoms with Crippen LogP contribution in [-0.4, -0.2) is 18.3 Å². The van der Waals surface area contributed by atoms with Crippen molar-refractivity contribution < 1.29 is 9.84 Å². The molecule has 1 unspecified atom stereocenters. The molecule has 1 heterocycles. The number of fused-ring (bicyclic) bond motifs is 1. The van der Waals surface area contributed by atoms with Crippen molar-refractivity contribution in [3.05, 3.63) is 29.3 Å². The van der Waals surface area contributed by atoms with Crippen LogP contribution in [0.1, 0.15) is 25.0 Å². The van der Waals surface area contributed by atoms with Crippen LogP contribution in [0.25, 0.3) is 0 Å². The molecule has 2 nitrogen and oxygen atoms in total. The Morgan fingerprint density at radius 2 is 2.19 bits per heavy atom. The summed E-state index contributed by atoms with van der Waals surface area (Å²) >= 11 is 0. The third-order valence-electron chi connectivity index (χ3n) is 3.43. The topological polar surface area (TPSA) is 29.5 Å². The van der Waals surface area contributed by atoms with Gasteiger partial charge in [-0.05, 0) is 35.4 Å². The van der Waals surface area contributed by atoms with Crippen molar-refractivity contribution in [1.29, 1.82) is 0 Å². The zero-order chi connectivity index (χ0) is 11.5. The van der Waals surface area contributed by atoms with E-state index in [1.165, 1.54) is 11.1 Å². The molecule has 1 aromatic rings. The molecular weight excluding hydrogens is 200 g/mol. The van der Waals surface area contributed by atoms with E-state index < -0.39 is 0 Å². The summed E-state index contributed by atoms with van der Waals surface area (Å²) in [6.07, 6.45) is 1.98. The Labute approximate surface area is 97.3 Å². The van der Waals surface area contributed by atoms with E-state index >= 15 is 0 Å². The number of hydrogen-bond donors (Lipinski definition) is 1. The Kier molecular flexibility index (Phi) is 3.49. The first kappa shape index (κ1) is 11.5. The van der Waals surface area contributed by atoms with E-state index in [4.69, 9.17) is 4.74 Å². The zero-order valence-electron chi connectivity index (χ0n) is 10.1. The highest BCUT2D eigenvalue weighted by molar-refractivity contribution is 5.39. The second-order valence-corrected chi connectivity index (χ2v) is 4.93. The lowest BCUT2D eigenvalue weighted by molar-refractivity contribution is 0.189. The molecule has 0 amide bonds. The normalized spacial score (nSPS) is 16.0. The summed E-state index contributed by atoms with van der Waals surface area (Å²) in [4.78, 5) is 0. The zero-order valence-corrected chi connectivity index (χ0v) is 10.1. The molecule has 1 N–H and O–H groups in total. The fourth-order valence-electron chi connectivity index (χ4n) is 2.18. The minimum Gasteiger partial charge on any atom is -0.493 e. The summed E-state index contributed by atoms with van der Waals surface area (Å²) in [6.45, 7) is 5.41. The molecule has 0 saturated heterocycles. The molecule has 1 atom stereocenters. The van der Waals surface area contributed by atoms with Crippen molar-refractivity contribution in [2.75, 3.05) is 13.2 Å². The summed E-state index contributed by atoms with van der Waals surface area (Å²) in [5.74, 6) is 1.92. The van der Waals surface area contributed by atoms with Crippen LogP contribution in [0.15, 0.2) is 18.2 Å². The van der Waals surface area contributed by atoms with Crippen LogP contribution < -0.4 is 4.74 Å². The lowest BCUT2D eigenvalue weighted by atomic mass is 9.89. The van der Waals surface area contributed by atoms with Gasteiger partial charge in [0.2, 0.25) is 0 Å². The van der Waals surface area contributed by atoms with Gasteiger partial charge in [0, 0.05) is 13.0 Å². The van der Waals surface area contributed by atoms with Crippen molar-refractivity contribution in [3.8, 4) is 5.75 Å². The second kappa shape index (κ2) is 4.88. The van der Waals surface area contributed by atoms with Gasteiger partial charge >= 0.3 is 0 Å². The van der Waals surface area contributed by atoms with E-state index in [0.717, 1.165) is 25.2 Å². The molecule has 0 aromatic heterocycles. The number of hydrogen-bond acceptors (Lipinski definition) is 2. The predicted molar refractivity (Wildman–Crippen MR) is 64.8 cm³/mol. The highest BCUT2D eigenvalue weighted by Gasteiger charge is 2.16. The van der Waals surface area contributed by atoms with Crippen molar-refractivity contribution >= 4 is 0 Å². The standard InChI is InChI=1S/C14H20O2/c1-10(2)13(9-15)8-11-3-4-14-12(7-11)5-6-16-14/h3-4,7,10,13,15H,5-6,8-9H2,1-2H3. The fraction of sp³-hybridized carbons (Fsp3) is 0.571. The molecular formula is C14H20O2. The monoisotopic (exact) mass is 220 g/mol. The molecule has 0 aliphatic carbocycles. The van der Waals surface area contributed by atoms with Gasteiger partial charge in [-0.25, -0.2) is 0 Å². The Bertz CT molecular complexity index is 358. The Morgan fingerprint density at radius 3 is 2.88 bits per heavy atom. The number of rotatable bonds is 4. The summed E-state index contributed by atoms with van der Waals surface area (Å²) in [5.41, 5.74) is 2.63. The fourth-order valence-corrected chi connectivity index (χ4v) is 2.18. The van der Waals surface area contributed by atoms with Gasteiger partial charge in [-0.3, -0.25) is 0 Å². The van der Waals surface area contributed by atoms with Crippen LogP contribution in [0.2, 0.25) is 0 Å². The maximum Gasteiger partial charge on any atom is 0.122 e. The van der Waals surface area contributed by atoms with E-state index in [0.29, 0.717) is 11.8 Å². The minimum absolute atomic E-state index is 0.269. The van der Waals surface area contributed by atoms with E-state index in [1.54, 1.807) is 0 Å². The van der Waals surface area contributed by atoms with E-state index in [2.05, 4.69) is 32.0 Å². The smallest absolute Gasteiger partial charge is 0.122 e. The number of ether oxygens (including phenoxy) is 1. The molecule has 1 aliphatic heterocycles. The van der Waals surface area contributed by atoms with Gasteiger partial charge in [0.15, 0.2) is 0 Å². The third-order valence-corrected chi connectivity index (χ3v) is 3.43. The van der Waals surface area contributed by atoms with Crippen LogP contribution >= 0.6 is 0 Å². The molecule has 1 aromatic carbocycles. The van der Waals surface area contributed by atoms with Crippen LogP contribution in [0.4, 0.5) is 0 Å². The molecule has 1 aliphatic rings. The maximum absolute atomic E-state index is 9.33. The Balaban J connectivity index is 2.10. The summed E-state index contributed by atoms with van der Waals surface area (Å²) in [7, 11) is 0. The third kappa shape index (κ3) is 2.38. The highest BCUT2D eigenvalue weighted by atomic mass is 16.5. The summed E-state index contributed by atoms with van der Waals surface area (Å²) in [5, 5.41) is 9.33. The van der Waals surface area contributed by atoms with Crippen molar-refractivity contribution in [2.45, 2.75) is 26.7 Å². The van der Waals surface area contributed by atoms with Crippen LogP contribution in [0.5, 0.6) is 5.75 Å². The minimum atomic E-state index is 0.269. The first-order valence-electron chi connectivity index (χ1n) is 6.06. The van der Waals surface area contributed by atoms with Crippen LogP contribution in [-0.2, 0) is 12.8 Å². The van der Waals surface area contributed by atoms with Crippen LogP contribution in [0, 0.1) is 11.8 Å². The molecule has 0 fully saturated rings. The van der Waals surface area contributed by atoms with Gasteiger partial charge in [0.05, 0.1) is 6.61 Å². The van der Waals surface area contributed by atoms with E-state index in [-0.39, 0.29) is 6.61 Å². The summed E-state index contributed by atoms with van der Waals surface area (Å²) < 4.78 is 5.48. The molecule has 0 radical (unpaired) electrons. The number of aliphatic hydroxyl groups excluding tert-OH is 1. The van der Waals surface area contributed by atoms with Gasteiger partial charge in [0.25, 0.3) is 0 Å². The van der Waals surface area contributed by atoms with Gasteiger partial charge in [0.1, 0.15) is 5.75 Å². The first-order valence-corrected chi connectivity index (χ1v) is 6.06. The number of benzene rings is 1. The highest BCUT2D eigenvalue weighted by Crippen LogP contribution is 2.27. The maximum atomic E-state index is 9.33. The Morgan fingerprint density at radius 1 is 1.38 bits per heavy atom. The van der Waals surface area contributed by atoms with Crippen molar-refractivity contribution in [3.63, 3.8) is 0 Å². The van der Waals surface area contributed by atoms with Gasteiger partial charge < -0.3 is 9.84 Å². The van der Waals surface area contributed by atoms with E-state index in [1.807, 2.05) is 0 Å². The summed E-state index contributed by atoms with van der Waals surface area (Å²) in [6, 6.07) is 6.41. The van der Waals surface area contributed by atoms with E-state index in [9.17, 15) is 5.11 Å². The molecule has 16 heavy (non-hydrogen) atoms. The first-order chi connectivity index (χ1) is 7.70. The molecule has 0 spiro atoms. The predicted octanol–water partition coefficient (Wildman–Crippen LogP) is 2.43. The largest absolute Gasteiger partial charge is 0.493 e. The average Bonchev–Trinajstić information content (AvgIpc) is 2.72. The molecule has 0 bridgehead atoms. The average molecular weight is 220 g/mol. The quantitative estimate of drug-likeness (QED) is 0.844. The lowest BCUT2D eigenvalue weighted by Gasteiger charge is -2.18. The number of aliphatic hydroxyl groups is 1. The van der Waals surface area contributed by atoms with Gasteiger partial charge in [-0.15, -0.1) is 0 Å². The molecule has 2 rings (SSSR count). The Hall–Kier alpha value is -1.02. The van der Waals surface area contributed by atoms with Gasteiger partial charge in [-0.2, -0.15) is 0 Å². The lowest BCUT2D eigenvalue weighted by Crippen LogP contribution is -2.16.